The van der Waals surface area contributed by atoms with E-state index in [1.54, 1.807) is 44.7 Å². The third-order valence-electron chi connectivity index (χ3n) is 11.3. The molecule has 3 heterocycles. The van der Waals surface area contributed by atoms with Crippen molar-refractivity contribution in [1.29, 1.82) is 0 Å². The Labute approximate surface area is 350 Å². The van der Waals surface area contributed by atoms with Crippen LogP contribution >= 0.6 is 0 Å². The summed E-state index contributed by atoms with van der Waals surface area (Å²) in [6, 6.07) is 0. The van der Waals surface area contributed by atoms with Crippen molar-refractivity contribution >= 4 is 29.2 Å². The lowest BCUT2D eigenvalue weighted by Gasteiger charge is -2.38. The van der Waals surface area contributed by atoms with Gasteiger partial charge in [-0.15, -0.1) is 0 Å². The van der Waals surface area contributed by atoms with Gasteiger partial charge in [-0.3, -0.25) is 24.1 Å². The number of ketones is 2. The minimum atomic E-state index is -1.87. The zero-order valence-electron chi connectivity index (χ0n) is 35.6. The lowest BCUT2D eigenvalue weighted by molar-refractivity contribution is -0.160. The topological polar surface area (TPSA) is 243 Å². The van der Waals surface area contributed by atoms with Crippen LogP contribution < -0.4 is 10.1 Å². The zero-order chi connectivity index (χ0) is 44.6. The fraction of sp³-hybridized carbons (Fsp3) is 0.558. The first-order valence-corrected chi connectivity index (χ1v) is 19.9. The van der Waals surface area contributed by atoms with E-state index in [-0.39, 0.29) is 78.9 Å². The molecule has 17 nitrogen and oxygen atoms in total. The minimum absolute atomic E-state index is 0.00856. The van der Waals surface area contributed by atoms with Gasteiger partial charge in [0, 0.05) is 81.5 Å². The average Bonchev–Trinajstić information content (AvgIpc) is 3.49. The second kappa shape index (κ2) is 20.6. The molecule has 1 aromatic rings. The van der Waals surface area contributed by atoms with E-state index in [0.29, 0.717) is 0 Å². The van der Waals surface area contributed by atoms with Crippen LogP contribution in [0, 0.1) is 30.6 Å². The predicted octanol–water partition coefficient (Wildman–Crippen LogP) is 2.45. The third kappa shape index (κ3) is 10.3. The number of esters is 1. The molecule has 3 aliphatic heterocycles. The average molecular weight is 842 g/mol. The van der Waals surface area contributed by atoms with E-state index in [2.05, 4.69) is 10.5 Å². The molecule has 0 unspecified atom stereocenters. The smallest absolute Gasteiger partial charge is 0.302 e. The molecule has 60 heavy (non-hydrogen) atoms. The molecule has 6 N–H and O–H groups in total. The van der Waals surface area contributed by atoms with Crippen molar-refractivity contribution < 1.29 is 68.5 Å². The van der Waals surface area contributed by atoms with Gasteiger partial charge in [0.1, 0.15) is 24.2 Å². The highest BCUT2D eigenvalue weighted by atomic mass is 16.7. The number of carbonyl (C=O) groups is 4. The van der Waals surface area contributed by atoms with Crippen LogP contribution in [0.15, 0.2) is 53.1 Å². The van der Waals surface area contributed by atoms with Crippen LogP contribution in [0.5, 0.6) is 11.5 Å². The number of amides is 1. The van der Waals surface area contributed by atoms with Crippen LogP contribution in [0.25, 0.3) is 0 Å². The lowest BCUT2D eigenvalue weighted by atomic mass is 9.78. The van der Waals surface area contributed by atoms with Crippen molar-refractivity contribution in [3.05, 3.63) is 70.2 Å². The van der Waals surface area contributed by atoms with E-state index < -0.39 is 88.6 Å². The van der Waals surface area contributed by atoms with Gasteiger partial charge in [-0.1, -0.05) is 51.1 Å². The largest absolute Gasteiger partial charge is 0.507 e. The number of methoxy groups -OCH3 is 1. The minimum Gasteiger partial charge on any atom is -0.507 e. The van der Waals surface area contributed by atoms with Gasteiger partial charge in [0.05, 0.1) is 60.2 Å². The molecule has 0 spiro atoms. The number of oxime groups is 1. The summed E-state index contributed by atoms with van der Waals surface area (Å²) in [5.41, 5.74) is -0.897. The Morgan fingerprint density at radius 3 is 2.23 bits per heavy atom. The standard InChI is InChI=1S/C43H59N3O14/c1-22-11-10-12-23(2)42(55)44-29-21-30(50)32-33(38(29)54)37(53)27(6)40-34(32)41(45-58-20-16-46(14-17-47)15-18-48)43(8,60-40)57-19-13-31(56-9)24(3)39(59-28(7)49)26(5)36(52)25(4)35(22)51/h10-13,19,21-22,24-26,31,35-36,39,47-48,51-53H,14-18,20H2,1-9H3,(H,44,55)/b11-10+,19-13+,23-12-,45-41-/t22-,24+,25+,26+,31-,35-,36+,39+,43-/m0/s1. The molecule has 4 aliphatic rings. The number of Topliss-reactive ketones (excluding diaryl/α,β-unsaturated/α-hetero) is 1. The number of fused-ring (bicyclic) bond motifs is 14. The summed E-state index contributed by atoms with van der Waals surface area (Å²) in [5, 5.41) is 60.0. The number of hydrogen-bond donors (Lipinski definition) is 6. The first-order valence-electron chi connectivity index (χ1n) is 19.9. The Kier molecular flexibility index (Phi) is 16.4. The number of nitrogens with one attached hydrogen (secondary N) is 1. The fourth-order valence-corrected chi connectivity index (χ4v) is 7.66. The molecule has 0 radical (unpaired) electrons. The number of aliphatic hydroxyl groups excluding tert-OH is 4. The van der Waals surface area contributed by atoms with E-state index in [0.717, 1.165) is 6.08 Å². The third-order valence-corrected chi connectivity index (χ3v) is 11.3. The SMILES string of the molecule is CO[C@H]1/C=C/O[C@@]2(C)Oc3c(C)c(O)c4c(c3/C2=N/OCCN(CCO)CCO)C(=O)C=C(NC(=O)/C(C)=C\C=C\[C@H](C)[C@H](O)[C@@H](C)[C@@H](O)[C@@H](C)[C@H](OC(C)=O)[C@@H]1C)C4=O. The van der Waals surface area contributed by atoms with Crippen molar-refractivity contribution in [3.63, 3.8) is 0 Å². The number of phenolic OH excluding ortho intramolecular Hbond substituents is 1. The van der Waals surface area contributed by atoms with Crippen LogP contribution in [0.1, 0.15) is 80.3 Å². The highest BCUT2D eigenvalue weighted by molar-refractivity contribution is 6.31. The van der Waals surface area contributed by atoms with E-state index in [4.69, 9.17) is 23.8 Å². The molecule has 0 aromatic heterocycles. The number of hydrogen-bond acceptors (Lipinski definition) is 16. The number of rotatable bonds is 10. The highest BCUT2D eigenvalue weighted by Gasteiger charge is 2.51. The maximum atomic E-state index is 14.1. The Bertz CT molecular complexity index is 1930. The second-order valence-electron chi connectivity index (χ2n) is 15.6. The number of phenols is 1. The molecule has 1 amide bonds. The molecule has 330 valence electrons. The van der Waals surface area contributed by atoms with E-state index in [9.17, 15) is 44.7 Å². The van der Waals surface area contributed by atoms with Gasteiger partial charge in [-0.05, 0) is 19.9 Å². The number of aromatic hydroxyl groups is 1. The molecule has 9 atom stereocenters. The fourth-order valence-electron chi connectivity index (χ4n) is 7.66. The van der Waals surface area contributed by atoms with Crippen molar-refractivity contribution in [2.24, 2.45) is 28.8 Å². The molecular weight excluding hydrogens is 782 g/mol. The van der Waals surface area contributed by atoms with Gasteiger partial charge >= 0.3 is 5.97 Å². The first kappa shape index (κ1) is 47.8. The first-order chi connectivity index (χ1) is 28.3. The van der Waals surface area contributed by atoms with Crippen molar-refractivity contribution in [1.82, 2.24) is 10.2 Å². The van der Waals surface area contributed by atoms with Crippen LogP contribution in [0.2, 0.25) is 0 Å². The summed E-state index contributed by atoms with van der Waals surface area (Å²) in [6.45, 7) is 13.0. The molecular formula is C43H59N3O14. The Hall–Kier alpha value is -4.91. The van der Waals surface area contributed by atoms with Crippen LogP contribution in [-0.2, 0) is 28.6 Å². The number of aliphatic hydroxyl groups is 4. The van der Waals surface area contributed by atoms with Gasteiger partial charge in [-0.25, -0.2) is 0 Å². The lowest BCUT2D eigenvalue weighted by Crippen LogP contribution is -2.46. The summed E-state index contributed by atoms with van der Waals surface area (Å²) < 4.78 is 24.1. The molecule has 1 aliphatic carbocycles. The van der Waals surface area contributed by atoms with Gasteiger partial charge in [0.25, 0.3) is 11.7 Å². The molecule has 0 saturated heterocycles. The number of benzene rings is 1. The van der Waals surface area contributed by atoms with E-state index in [1.165, 1.54) is 53.2 Å². The maximum absolute atomic E-state index is 14.1. The molecule has 5 rings (SSSR count). The second-order valence-corrected chi connectivity index (χ2v) is 15.6. The highest BCUT2D eigenvalue weighted by Crippen LogP contribution is 2.48. The molecule has 1 aromatic carbocycles. The quantitative estimate of drug-likeness (QED) is 0.113. The maximum Gasteiger partial charge on any atom is 0.302 e. The molecule has 5 bridgehead atoms. The van der Waals surface area contributed by atoms with E-state index in [1.807, 2.05) is 0 Å². The van der Waals surface area contributed by atoms with Crippen LogP contribution in [0.3, 0.4) is 0 Å². The van der Waals surface area contributed by atoms with Gasteiger partial charge in [0.2, 0.25) is 5.78 Å². The van der Waals surface area contributed by atoms with Crippen molar-refractivity contribution in [3.8, 4) is 11.5 Å². The van der Waals surface area contributed by atoms with Gasteiger partial charge in [0.15, 0.2) is 11.5 Å². The Morgan fingerprint density at radius 1 is 0.950 bits per heavy atom. The summed E-state index contributed by atoms with van der Waals surface area (Å²) in [4.78, 5) is 61.3. The summed E-state index contributed by atoms with van der Waals surface area (Å²) >= 11 is 0. The normalized spacial score (nSPS) is 31.4. The van der Waals surface area contributed by atoms with Gasteiger partial charge < -0.3 is 54.6 Å². The van der Waals surface area contributed by atoms with Crippen molar-refractivity contribution in [2.45, 2.75) is 85.6 Å². The molecule has 0 saturated carbocycles. The monoisotopic (exact) mass is 841 g/mol. The zero-order valence-corrected chi connectivity index (χ0v) is 35.6. The summed E-state index contributed by atoms with van der Waals surface area (Å²) in [6.07, 6.45) is 4.50. The van der Waals surface area contributed by atoms with E-state index >= 15 is 0 Å². The molecule has 17 heteroatoms. The predicted molar refractivity (Wildman–Crippen MR) is 218 cm³/mol. The number of carbonyl (C=O) groups excluding carboxylic acids is 4. The summed E-state index contributed by atoms with van der Waals surface area (Å²) in [5.74, 6) is -7.87. The Balaban J connectivity index is 1.89. The van der Waals surface area contributed by atoms with Crippen LogP contribution in [-0.4, -0.2) is 136 Å². The summed E-state index contributed by atoms with van der Waals surface area (Å²) in [7, 11) is 1.44. The molecule has 0 fully saturated rings. The van der Waals surface area contributed by atoms with Crippen LogP contribution in [0.4, 0.5) is 0 Å². The number of allylic oxidation sites excluding steroid dienone is 4. The number of ether oxygens (including phenoxy) is 4. The Morgan fingerprint density at radius 2 is 1.62 bits per heavy atom. The number of nitrogens with zero attached hydrogens (tertiary/aromatic N) is 2. The van der Waals surface area contributed by atoms with Gasteiger partial charge in [-0.2, -0.15) is 0 Å². The van der Waals surface area contributed by atoms with Crippen molar-refractivity contribution in [2.75, 3.05) is 46.6 Å².